The van der Waals surface area contributed by atoms with Crippen molar-refractivity contribution < 1.29 is 0 Å². The quantitative estimate of drug-likeness (QED) is 0.416. The molecule has 0 aliphatic carbocycles. The van der Waals surface area contributed by atoms with Gasteiger partial charge < -0.3 is 5.32 Å². The minimum Gasteiger partial charge on any atom is -0.364 e. The molecule has 1 heterocycles. The van der Waals surface area contributed by atoms with Crippen molar-refractivity contribution in [2.75, 3.05) is 7.05 Å². The van der Waals surface area contributed by atoms with Gasteiger partial charge in [0, 0.05) is 19.4 Å². The molecule has 0 aliphatic rings. The standard InChI is InChI=1S/C8H11N5S/c1-6(12-13-8(14)9-2)7-5-10-3-4-11-7/h3-5H,1-2H3,(H2,9,13,14)/b12-6+. The number of hydrogen-bond acceptors (Lipinski definition) is 4. The van der Waals surface area contributed by atoms with Crippen molar-refractivity contribution in [3.8, 4) is 0 Å². The minimum absolute atomic E-state index is 0.466. The summed E-state index contributed by atoms with van der Waals surface area (Å²) in [6, 6.07) is 0. The molecular formula is C8H11N5S. The molecule has 6 heteroatoms. The van der Waals surface area contributed by atoms with E-state index >= 15 is 0 Å². The van der Waals surface area contributed by atoms with Crippen molar-refractivity contribution in [3.63, 3.8) is 0 Å². The molecule has 0 spiro atoms. The second kappa shape index (κ2) is 5.23. The Kier molecular flexibility index (Phi) is 3.93. The molecule has 0 amide bonds. The number of hydrogen-bond donors (Lipinski definition) is 2. The Morgan fingerprint density at radius 1 is 1.50 bits per heavy atom. The van der Waals surface area contributed by atoms with Crippen LogP contribution in [0.5, 0.6) is 0 Å². The molecule has 0 radical (unpaired) electrons. The molecule has 2 N–H and O–H groups in total. The van der Waals surface area contributed by atoms with Crippen molar-refractivity contribution in [2.45, 2.75) is 6.92 Å². The fourth-order valence-electron chi connectivity index (χ4n) is 0.734. The zero-order valence-electron chi connectivity index (χ0n) is 7.98. The zero-order chi connectivity index (χ0) is 10.4. The molecule has 14 heavy (non-hydrogen) atoms. The Balaban J connectivity index is 2.66. The highest BCUT2D eigenvalue weighted by Crippen LogP contribution is 1.92. The van der Waals surface area contributed by atoms with Crippen molar-refractivity contribution >= 4 is 23.0 Å². The van der Waals surface area contributed by atoms with Crippen LogP contribution in [0.1, 0.15) is 12.6 Å². The van der Waals surface area contributed by atoms with Gasteiger partial charge in [-0.25, -0.2) is 0 Å². The predicted octanol–water partition coefficient (Wildman–Crippen LogP) is 0.294. The van der Waals surface area contributed by atoms with Gasteiger partial charge in [-0.15, -0.1) is 0 Å². The molecule has 1 aromatic rings. The van der Waals surface area contributed by atoms with Crippen molar-refractivity contribution in [3.05, 3.63) is 24.3 Å². The molecule has 0 unspecified atom stereocenters. The Morgan fingerprint density at radius 3 is 2.86 bits per heavy atom. The van der Waals surface area contributed by atoms with Crippen LogP contribution in [0.4, 0.5) is 0 Å². The second-order valence-electron chi connectivity index (χ2n) is 2.48. The van der Waals surface area contributed by atoms with Crippen molar-refractivity contribution in [1.82, 2.24) is 20.7 Å². The van der Waals surface area contributed by atoms with Gasteiger partial charge in [0.25, 0.3) is 0 Å². The number of thiocarbonyl (C=S) groups is 1. The lowest BCUT2D eigenvalue weighted by Gasteiger charge is -2.02. The molecule has 1 rings (SSSR count). The first kappa shape index (κ1) is 10.5. The third-order valence-corrected chi connectivity index (χ3v) is 1.78. The summed E-state index contributed by atoms with van der Waals surface area (Å²) in [4.78, 5) is 8.02. The van der Waals surface area contributed by atoms with E-state index in [1.165, 1.54) is 0 Å². The molecule has 0 saturated heterocycles. The van der Waals surface area contributed by atoms with Crippen LogP contribution in [-0.4, -0.2) is 27.8 Å². The number of nitrogens with one attached hydrogen (secondary N) is 2. The lowest BCUT2D eigenvalue weighted by Crippen LogP contribution is -2.29. The maximum absolute atomic E-state index is 4.86. The topological polar surface area (TPSA) is 62.2 Å². The number of rotatable bonds is 2. The summed E-state index contributed by atoms with van der Waals surface area (Å²) in [5, 5.41) is 7.24. The van der Waals surface area contributed by atoms with Crippen LogP contribution in [0, 0.1) is 0 Å². The Bertz CT molecular complexity index is 335. The molecule has 0 fully saturated rings. The Hall–Kier alpha value is -1.56. The summed E-state index contributed by atoms with van der Waals surface area (Å²) in [5.41, 5.74) is 4.12. The molecule has 5 nitrogen and oxygen atoms in total. The van der Waals surface area contributed by atoms with Crippen LogP contribution in [0.3, 0.4) is 0 Å². The first-order chi connectivity index (χ1) is 6.74. The van der Waals surface area contributed by atoms with Gasteiger partial charge in [0.15, 0.2) is 5.11 Å². The van der Waals surface area contributed by atoms with Gasteiger partial charge in [-0.1, -0.05) is 0 Å². The van der Waals surface area contributed by atoms with E-state index in [-0.39, 0.29) is 0 Å². The second-order valence-corrected chi connectivity index (χ2v) is 2.89. The van der Waals surface area contributed by atoms with Gasteiger partial charge in [0.1, 0.15) is 5.69 Å². The predicted molar refractivity (Wildman–Crippen MR) is 59.0 cm³/mol. The van der Waals surface area contributed by atoms with E-state index in [2.05, 4.69) is 25.8 Å². The van der Waals surface area contributed by atoms with Crippen molar-refractivity contribution in [2.24, 2.45) is 5.10 Å². The summed E-state index contributed by atoms with van der Waals surface area (Å²) in [7, 11) is 1.72. The van der Waals surface area contributed by atoms with Gasteiger partial charge >= 0.3 is 0 Å². The summed E-state index contributed by atoms with van der Waals surface area (Å²) in [6.45, 7) is 1.83. The molecule has 0 saturated carbocycles. The fourth-order valence-corrected chi connectivity index (χ4v) is 0.779. The normalized spacial score (nSPS) is 10.9. The molecule has 0 atom stereocenters. The highest BCUT2D eigenvalue weighted by molar-refractivity contribution is 7.80. The van der Waals surface area contributed by atoms with E-state index in [4.69, 9.17) is 12.2 Å². The minimum atomic E-state index is 0.466. The lowest BCUT2D eigenvalue weighted by molar-refractivity contribution is 0.970. The molecular weight excluding hydrogens is 198 g/mol. The van der Waals surface area contributed by atoms with Crippen LogP contribution < -0.4 is 10.7 Å². The SMILES string of the molecule is CNC(=S)N/N=C(\C)c1cnccn1. The highest BCUT2D eigenvalue weighted by Gasteiger charge is 1.97. The average Bonchev–Trinajstić information content (AvgIpc) is 2.26. The summed E-state index contributed by atoms with van der Waals surface area (Å²) in [5.74, 6) is 0. The van der Waals surface area contributed by atoms with E-state index in [1.807, 2.05) is 6.92 Å². The van der Waals surface area contributed by atoms with Crippen LogP contribution >= 0.6 is 12.2 Å². The maximum atomic E-state index is 4.86. The van der Waals surface area contributed by atoms with Gasteiger partial charge in [-0.05, 0) is 19.1 Å². The van der Waals surface area contributed by atoms with Crippen LogP contribution in [-0.2, 0) is 0 Å². The summed E-state index contributed by atoms with van der Waals surface area (Å²) < 4.78 is 0. The Labute approximate surface area is 87.7 Å². The highest BCUT2D eigenvalue weighted by atomic mass is 32.1. The molecule has 0 aromatic carbocycles. The number of nitrogens with zero attached hydrogens (tertiary/aromatic N) is 3. The fraction of sp³-hybridized carbons (Fsp3) is 0.250. The van der Waals surface area contributed by atoms with Crippen molar-refractivity contribution in [1.29, 1.82) is 0 Å². The van der Waals surface area contributed by atoms with Crippen LogP contribution in [0.2, 0.25) is 0 Å². The zero-order valence-corrected chi connectivity index (χ0v) is 8.80. The third-order valence-electron chi connectivity index (χ3n) is 1.49. The summed E-state index contributed by atoms with van der Waals surface area (Å²) in [6.07, 6.45) is 4.87. The molecule has 74 valence electrons. The number of aromatic nitrogens is 2. The number of hydrazone groups is 1. The summed E-state index contributed by atoms with van der Waals surface area (Å²) >= 11 is 4.86. The molecule has 0 aliphatic heterocycles. The Morgan fingerprint density at radius 2 is 2.29 bits per heavy atom. The van der Waals surface area contributed by atoms with Gasteiger partial charge in [-0.3, -0.25) is 15.4 Å². The van der Waals surface area contributed by atoms with Gasteiger partial charge in [0.2, 0.25) is 0 Å². The first-order valence-corrected chi connectivity index (χ1v) is 4.43. The molecule has 1 aromatic heterocycles. The van der Waals surface area contributed by atoms with Gasteiger partial charge in [-0.2, -0.15) is 5.10 Å². The largest absolute Gasteiger partial charge is 0.364 e. The van der Waals surface area contributed by atoms with Gasteiger partial charge in [0.05, 0.1) is 11.9 Å². The monoisotopic (exact) mass is 209 g/mol. The maximum Gasteiger partial charge on any atom is 0.186 e. The van der Waals surface area contributed by atoms with E-state index in [0.29, 0.717) is 5.11 Å². The van der Waals surface area contributed by atoms with E-state index in [1.54, 1.807) is 25.6 Å². The van der Waals surface area contributed by atoms with E-state index < -0.39 is 0 Å². The lowest BCUT2D eigenvalue weighted by atomic mass is 10.3. The first-order valence-electron chi connectivity index (χ1n) is 4.02. The smallest absolute Gasteiger partial charge is 0.186 e. The van der Waals surface area contributed by atoms with Crippen LogP contribution in [0.25, 0.3) is 0 Å². The van der Waals surface area contributed by atoms with E-state index in [0.717, 1.165) is 11.4 Å². The third kappa shape index (κ3) is 3.06. The average molecular weight is 209 g/mol. The molecule has 0 bridgehead atoms. The van der Waals surface area contributed by atoms with Crippen LogP contribution in [0.15, 0.2) is 23.7 Å². The van der Waals surface area contributed by atoms with E-state index in [9.17, 15) is 0 Å².